The number of hydrogen-bond donors (Lipinski definition) is 1. The highest BCUT2D eigenvalue weighted by Gasteiger charge is 2.31. The molecule has 0 spiro atoms. The van der Waals surface area contributed by atoms with Gasteiger partial charge in [-0.1, -0.05) is 62.7 Å². The van der Waals surface area contributed by atoms with Crippen LogP contribution in [0.5, 0.6) is 0 Å². The van der Waals surface area contributed by atoms with E-state index in [2.05, 4.69) is 21.2 Å². The quantitative estimate of drug-likeness (QED) is 0.381. The van der Waals surface area contributed by atoms with Gasteiger partial charge < -0.3 is 10.2 Å². The number of hydrogen-bond acceptors (Lipinski definition) is 4. The van der Waals surface area contributed by atoms with Crippen LogP contribution in [-0.4, -0.2) is 57.1 Å². The molecule has 0 aromatic heterocycles. The Morgan fingerprint density at radius 1 is 1.03 bits per heavy atom. The van der Waals surface area contributed by atoms with E-state index < -0.39 is 28.5 Å². The Hall–Kier alpha value is -2.39. The van der Waals surface area contributed by atoms with Crippen molar-refractivity contribution in [3.8, 4) is 0 Å². The number of para-hydroxylation sites is 1. The summed E-state index contributed by atoms with van der Waals surface area (Å²) in [7, 11) is -3.75. The van der Waals surface area contributed by atoms with Gasteiger partial charge in [-0.25, -0.2) is 8.42 Å². The van der Waals surface area contributed by atoms with Crippen molar-refractivity contribution in [3.63, 3.8) is 0 Å². The minimum atomic E-state index is -3.75. The molecular weight excluding hydrogens is 518 g/mol. The zero-order valence-corrected chi connectivity index (χ0v) is 22.4. The van der Waals surface area contributed by atoms with Crippen molar-refractivity contribution in [1.82, 2.24) is 10.2 Å². The van der Waals surface area contributed by atoms with Gasteiger partial charge in [0.05, 0.1) is 11.9 Å². The van der Waals surface area contributed by atoms with Crippen LogP contribution in [0, 0.1) is 0 Å². The molecule has 2 amide bonds. The van der Waals surface area contributed by atoms with Crippen LogP contribution in [0.2, 0.25) is 0 Å². The average Bonchev–Trinajstić information content (AvgIpc) is 2.80. The zero-order chi connectivity index (χ0) is 25.1. The maximum atomic E-state index is 13.6. The van der Waals surface area contributed by atoms with Crippen LogP contribution < -0.4 is 9.62 Å². The van der Waals surface area contributed by atoms with Gasteiger partial charge in [-0.2, -0.15) is 0 Å². The topological polar surface area (TPSA) is 86.8 Å². The molecule has 1 N–H and O–H groups in total. The number of anilines is 1. The Bertz CT molecular complexity index is 1050. The third kappa shape index (κ3) is 8.13. The lowest BCUT2D eigenvalue weighted by Crippen LogP contribution is -2.53. The highest BCUT2D eigenvalue weighted by molar-refractivity contribution is 9.10. The summed E-state index contributed by atoms with van der Waals surface area (Å²) in [6.07, 6.45) is 3.85. The molecule has 0 saturated heterocycles. The number of rotatable bonds is 13. The van der Waals surface area contributed by atoms with Gasteiger partial charge in [0.25, 0.3) is 0 Å². The van der Waals surface area contributed by atoms with Crippen molar-refractivity contribution in [3.05, 3.63) is 64.6 Å². The third-order valence-corrected chi connectivity index (χ3v) is 7.30. The number of carbonyl (C=O) groups excluding carboxylic acids is 2. The molecule has 7 nitrogen and oxygen atoms in total. The maximum absolute atomic E-state index is 13.6. The normalized spacial score (nSPS) is 12.1. The van der Waals surface area contributed by atoms with E-state index in [1.165, 1.54) is 4.90 Å². The van der Waals surface area contributed by atoms with E-state index in [1.54, 1.807) is 24.3 Å². The zero-order valence-electron chi connectivity index (χ0n) is 20.0. The summed E-state index contributed by atoms with van der Waals surface area (Å²) in [6.45, 7) is 4.35. The third-order valence-electron chi connectivity index (χ3n) is 5.50. The summed E-state index contributed by atoms with van der Waals surface area (Å²) in [6, 6.07) is 15.9. The molecule has 0 aliphatic heterocycles. The van der Waals surface area contributed by atoms with E-state index in [-0.39, 0.29) is 5.91 Å². The first-order valence-electron chi connectivity index (χ1n) is 11.5. The Morgan fingerprint density at radius 2 is 1.68 bits per heavy atom. The number of amides is 2. The van der Waals surface area contributed by atoms with E-state index in [0.29, 0.717) is 36.1 Å². The molecule has 0 aliphatic carbocycles. The van der Waals surface area contributed by atoms with Gasteiger partial charge in [0, 0.05) is 17.6 Å². The predicted octanol–water partition coefficient (Wildman–Crippen LogP) is 3.98. The highest BCUT2D eigenvalue weighted by atomic mass is 79.9. The molecule has 9 heteroatoms. The van der Waals surface area contributed by atoms with Gasteiger partial charge in [0.15, 0.2) is 0 Å². The second-order valence-electron chi connectivity index (χ2n) is 8.11. The smallest absolute Gasteiger partial charge is 0.244 e. The summed E-state index contributed by atoms with van der Waals surface area (Å²) >= 11 is 3.38. The Kier molecular flexibility index (Phi) is 11.0. The first-order valence-corrected chi connectivity index (χ1v) is 14.2. The molecule has 0 saturated carbocycles. The fourth-order valence-corrected chi connectivity index (χ4v) is 5.13. The van der Waals surface area contributed by atoms with Crippen LogP contribution in [0.25, 0.3) is 0 Å². The summed E-state index contributed by atoms with van der Waals surface area (Å²) in [4.78, 5) is 28.1. The number of benzene rings is 2. The average molecular weight is 553 g/mol. The molecule has 186 valence electrons. The Labute approximate surface area is 211 Å². The summed E-state index contributed by atoms with van der Waals surface area (Å²) < 4.78 is 26.9. The van der Waals surface area contributed by atoms with Crippen molar-refractivity contribution in [1.29, 1.82) is 0 Å². The molecule has 0 unspecified atom stereocenters. The van der Waals surface area contributed by atoms with Crippen LogP contribution in [0.3, 0.4) is 0 Å². The molecule has 0 aliphatic rings. The molecule has 1 atom stereocenters. The van der Waals surface area contributed by atoms with Gasteiger partial charge >= 0.3 is 0 Å². The van der Waals surface area contributed by atoms with Crippen molar-refractivity contribution >= 4 is 43.5 Å². The van der Waals surface area contributed by atoms with Crippen LogP contribution in [0.4, 0.5) is 5.69 Å². The largest absolute Gasteiger partial charge is 0.354 e. The van der Waals surface area contributed by atoms with Crippen molar-refractivity contribution in [2.45, 2.75) is 45.6 Å². The fourth-order valence-electron chi connectivity index (χ4n) is 3.65. The summed E-state index contributed by atoms with van der Waals surface area (Å²) in [5.74, 6) is -0.640. The highest BCUT2D eigenvalue weighted by Crippen LogP contribution is 2.27. The molecule has 2 rings (SSSR count). The first-order chi connectivity index (χ1) is 16.2. The molecule has 2 aromatic rings. The van der Waals surface area contributed by atoms with E-state index in [1.807, 2.05) is 44.2 Å². The fraction of sp³-hybridized carbons (Fsp3) is 0.440. The molecule has 0 radical (unpaired) electrons. The summed E-state index contributed by atoms with van der Waals surface area (Å²) in [5.41, 5.74) is 1.41. The first kappa shape index (κ1) is 27.9. The lowest BCUT2D eigenvalue weighted by atomic mass is 10.1. The lowest BCUT2D eigenvalue weighted by Gasteiger charge is -2.33. The number of halogens is 1. The number of sulfonamides is 1. The van der Waals surface area contributed by atoms with Gasteiger partial charge in [-0.3, -0.25) is 13.9 Å². The van der Waals surface area contributed by atoms with Crippen LogP contribution >= 0.6 is 15.9 Å². The Morgan fingerprint density at radius 3 is 2.26 bits per heavy atom. The molecule has 34 heavy (non-hydrogen) atoms. The number of nitrogens with zero attached hydrogens (tertiary/aromatic N) is 2. The van der Waals surface area contributed by atoms with Crippen molar-refractivity contribution in [2.75, 3.05) is 30.2 Å². The van der Waals surface area contributed by atoms with Gasteiger partial charge in [0.1, 0.15) is 12.6 Å². The monoisotopic (exact) mass is 551 g/mol. The van der Waals surface area contributed by atoms with E-state index in [4.69, 9.17) is 0 Å². The Balaban J connectivity index is 2.33. The minimum Gasteiger partial charge on any atom is -0.354 e. The van der Waals surface area contributed by atoms with Gasteiger partial charge in [0.2, 0.25) is 21.8 Å². The van der Waals surface area contributed by atoms with E-state index in [9.17, 15) is 18.0 Å². The minimum absolute atomic E-state index is 0.218. The summed E-state index contributed by atoms with van der Waals surface area (Å²) in [5, 5.41) is 2.92. The SMILES string of the molecule is CCCCNC(=O)[C@H](CC)N(CCc1ccccc1)C(=O)CN(c1ccccc1Br)S(C)(=O)=O. The van der Waals surface area contributed by atoms with Crippen LogP contribution in [0.1, 0.15) is 38.7 Å². The molecule has 0 fully saturated rings. The van der Waals surface area contributed by atoms with Crippen molar-refractivity contribution in [2.24, 2.45) is 0 Å². The molecule has 2 aromatic carbocycles. The second-order valence-corrected chi connectivity index (χ2v) is 10.9. The lowest BCUT2D eigenvalue weighted by molar-refractivity contribution is -0.139. The van der Waals surface area contributed by atoms with E-state index >= 15 is 0 Å². The van der Waals surface area contributed by atoms with Crippen molar-refractivity contribution < 1.29 is 18.0 Å². The van der Waals surface area contributed by atoms with Gasteiger partial charge in [-0.15, -0.1) is 0 Å². The van der Waals surface area contributed by atoms with Crippen LogP contribution in [0.15, 0.2) is 59.1 Å². The van der Waals surface area contributed by atoms with E-state index in [0.717, 1.165) is 29.0 Å². The maximum Gasteiger partial charge on any atom is 0.244 e. The number of nitrogens with one attached hydrogen (secondary N) is 1. The predicted molar refractivity (Wildman–Crippen MR) is 140 cm³/mol. The molecule has 0 bridgehead atoms. The van der Waals surface area contributed by atoms with Crippen LogP contribution in [-0.2, 0) is 26.0 Å². The molecule has 0 heterocycles. The second kappa shape index (κ2) is 13.5. The standard InChI is InChI=1S/C25H34BrN3O4S/c1-4-6-17-27-25(31)22(5-2)28(18-16-20-12-8-7-9-13-20)24(30)19-29(34(3,32)33)23-15-11-10-14-21(23)26/h7-15,22H,4-6,16-19H2,1-3H3,(H,27,31)/t22-/m0/s1. The van der Waals surface area contributed by atoms with Gasteiger partial charge in [-0.05, 0) is 52.9 Å². The number of carbonyl (C=O) groups is 2. The molecular formula is C25H34BrN3O4S. The number of unbranched alkanes of at least 4 members (excludes halogenated alkanes) is 1.